The van der Waals surface area contributed by atoms with E-state index in [9.17, 15) is 19.5 Å². The molecule has 0 fully saturated rings. The van der Waals surface area contributed by atoms with Crippen LogP contribution < -0.4 is 0 Å². The van der Waals surface area contributed by atoms with Gasteiger partial charge in [0.05, 0.1) is 34.4 Å². The molecular weight excluding hydrogens is 731 g/mol. The number of nitrogens with zero attached hydrogens (tertiary/aromatic N) is 1. The van der Waals surface area contributed by atoms with E-state index in [-0.39, 0.29) is 32.2 Å². The molecule has 0 aromatic carbocycles. The number of carbonyl (C=O) groups is 3. The molecule has 0 saturated heterocycles. The fraction of sp³-hybridized carbons (Fsp3) is 0.898. The van der Waals surface area contributed by atoms with E-state index >= 15 is 0 Å². The number of carbonyl (C=O) groups excluding carboxylic acids is 2. The van der Waals surface area contributed by atoms with Crippen LogP contribution in [0, 0.1) is 0 Å². The molecule has 0 radical (unpaired) electrons. The predicted molar refractivity (Wildman–Crippen MR) is 240 cm³/mol. The predicted octanol–water partition coefficient (Wildman–Crippen LogP) is 13.1. The summed E-state index contributed by atoms with van der Waals surface area (Å²) in [7, 11) is 5.96. The van der Waals surface area contributed by atoms with Crippen LogP contribution in [0.1, 0.15) is 226 Å². The number of likely N-dealkylation sites (N-methyl/N-ethyl adjacent to an activating group) is 1. The number of allylic oxidation sites excluding steroid dienone is 2. The standard InChI is InChI=1S/C49H93NO8/c1-6-8-10-12-14-16-18-19-20-21-22-23-24-25-26-27-28-29-30-32-34-36-38-40-47(52)58-45(44-57-49(48(53)54)55-42-41-50(3,4)5)43-56-46(51)39-37-35-33-31-17-15-13-11-9-7-2/h21-22,45,49H,6-20,23-44H2,1-5H3/p+1/b22-21-. The first kappa shape index (κ1) is 56.0. The van der Waals surface area contributed by atoms with Gasteiger partial charge in [-0.25, -0.2) is 4.79 Å². The fourth-order valence-electron chi connectivity index (χ4n) is 6.95. The lowest BCUT2D eigenvalue weighted by atomic mass is 10.0. The van der Waals surface area contributed by atoms with Gasteiger partial charge < -0.3 is 28.5 Å². The average molecular weight is 825 g/mol. The van der Waals surface area contributed by atoms with Gasteiger partial charge in [0.2, 0.25) is 0 Å². The smallest absolute Gasteiger partial charge is 0.361 e. The van der Waals surface area contributed by atoms with Crippen LogP contribution in [-0.2, 0) is 33.3 Å². The quantitative estimate of drug-likeness (QED) is 0.0213. The van der Waals surface area contributed by atoms with Gasteiger partial charge in [0.1, 0.15) is 13.2 Å². The van der Waals surface area contributed by atoms with E-state index in [1.807, 2.05) is 21.1 Å². The molecule has 342 valence electrons. The van der Waals surface area contributed by atoms with Gasteiger partial charge in [0, 0.05) is 12.8 Å². The zero-order valence-corrected chi connectivity index (χ0v) is 38.7. The Balaban J connectivity index is 4.24. The highest BCUT2D eigenvalue weighted by molar-refractivity contribution is 5.71. The lowest BCUT2D eigenvalue weighted by Crippen LogP contribution is -2.40. The van der Waals surface area contributed by atoms with Gasteiger partial charge >= 0.3 is 17.9 Å². The second kappa shape index (κ2) is 41.8. The number of ether oxygens (including phenoxy) is 4. The minimum Gasteiger partial charge on any atom is -0.477 e. The van der Waals surface area contributed by atoms with Crippen molar-refractivity contribution in [2.24, 2.45) is 0 Å². The molecule has 9 heteroatoms. The number of aliphatic carboxylic acids is 1. The molecular formula is C49H94NO8+. The molecule has 0 aliphatic heterocycles. The van der Waals surface area contributed by atoms with E-state index in [1.165, 1.54) is 161 Å². The van der Waals surface area contributed by atoms with E-state index in [1.54, 1.807) is 0 Å². The number of quaternary nitrogens is 1. The first-order chi connectivity index (χ1) is 28.1. The Labute approximate surface area is 357 Å². The molecule has 9 nitrogen and oxygen atoms in total. The number of hydrogen-bond acceptors (Lipinski definition) is 7. The summed E-state index contributed by atoms with van der Waals surface area (Å²) >= 11 is 0. The average Bonchev–Trinajstić information content (AvgIpc) is 3.18. The molecule has 1 N–H and O–H groups in total. The van der Waals surface area contributed by atoms with Crippen molar-refractivity contribution in [3.8, 4) is 0 Å². The van der Waals surface area contributed by atoms with E-state index in [4.69, 9.17) is 18.9 Å². The van der Waals surface area contributed by atoms with Crippen LogP contribution in [0.4, 0.5) is 0 Å². The Kier molecular flexibility index (Phi) is 40.3. The van der Waals surface area contributed by atoms with E-state index < -0.39 is 24.3 Å². The van der Waals surface area contributed by atoms with Crippen molar-refractivity contribution >= 4 is 17.9 Å². The zero-order chi connectivity index (χ0) is 42.8. The first-order valence-corrected chi connectivity index (χ1v) is 24.4. The van der Waals surface area contributed by atoms with Gasteiger partial charge in [-0.2, -0.15) is 0 Å². The third kappa shape index (κ3) is 42.2. The highest BCUT2D eigenvalue weighted by Gasteiger charge is 2.25. The van der Waals surface area contributed by atoms with Crippen molar-refractivity contribution in [1.29, 1.82) is 0 Å². The normalized spacial score (nSPS) is 12.9. The Morgan fingerprint density at radius 2 is 0.879 bits per heavy atom. The van der Waals surface area contributed by atoms with Gasteiger partial charge in [-0.15, -0.1) is 0 Å². The molecule has 0 aliphatic rings. The molecule has 2 atom stereocenters. The second-order valence-corrected chi connectivity index (χ2v) is 17.8. The van der Waals surface area contributed by atoms with Gasteiger partial charge in [-0.05, 0) is 38.5 Å². The maximum absolute atomic E-state index is 12.8. The van der Waals surface area contributed by atoms with Gasteiger partial charge in [-0.1, -0.05) is 187 Å². The molecule has 0 heterocycles. The summed E-state index contributed by atoms with van der Waals surface area (Å²) in [6.45, 7) is 4.88. The summed E-state index contributed by atoms with van der Waals surface area (Å²) in [5.41, 5.74) is 0. The second-order valence-electron chi connectivity index (χ2n) is 17.8. The van der Waals surface area contributed by atoms with Crippen LogP contribution in [0.5, 0.6) is 0 Å². The van der Waals surface area contributed by atoms with E-state index in [0.29, 0.717) is 17.4 Å². The van der Waals surface area contributed by atoms with Gasteiger partial charge in [-0.3, -0.25) is 9.59 Å². The lowest BCUT2D eigenvalue weighted by molar-refractivity contribution is -0.870. The number of carboxylic acids is 1. The number of hydrogen-bond donors (Lipinski definition) is 1. The van der Waals surface area contributed by atoms with Gasteiger partial charge in [0.15, 0.2) is 6.10 Å². The van der Waals surface area contributed by atoms with Crippen molar-refractivity contribution in [2.45, 2.75) is 238 Å². The van der Waals surface area contributed by atoms with Crippen LogP contribution in [0.3, 0.4) is 0 Å². The molecule has 2 unspecified atom stereocenters. The van der Waals surface area contributed by atoms with Crippen molar-refractivity contribution < 1.29 is 42.9 Å². The minimum atomic E-state index is -1.50. The summed E-state index contributed by atoms with van der Waals surface area (Å²) in [5, 5.41) is 9.63. The summed E-state index contributed by atoms with van der Waals surface area (Å²) in [6.07, 6.45) is 41.4. The Morgan fingerprint density at radius 1 is 0.500 bits per heavy atom. The molecule has 58 heavy (non-hydrogen) atoms. The number of rotatable bonds is 45. The summed E-state index contributed by atoms with van der Waals surface area (Å²) in [6, 6.07) is 0. The number of unbranched alkanes of at least 4 members (excludes halogenated alkanes) is 28. The SMILES string of the molecule is CCCCCCCCCC/C=C\CCCCCCCCCCCCCC(=O)OC(COC(=O)CCCCCCCCCCCC)COC(OCC[N+](C)(C)C)C(=O)O. The van der Waals surface area contributed by atoms with Crippen LogP contribution in [0.25, 0.3) is 0 Å². The topological polar surface area (TPSA) is 108 Å². The van der Waals surface area contributed by atoms with E-state index in [0.717, 1.165) is 38.5 Å². The summed E-state index contributed by atoms with van der Waals surface area (Å²) < 4.78 is 22.7. The summed E-state index contributed by atoms with van der Waals surface area (Å²) in [4.78, 5) is 37.1. The van der Waals surface area contributed by atoms with Gasteiger partial charge in [0.25, 0.3) is 6.29 Å². The first-order valence-electron chi connectivity index (χ1n) is 24.4. The third-order valence-electron chi connectivity index (χ3n) is 10.8. The minimum absolute atomic E-state index is 0.177. The molecule has 0 rings (SSSR count). The highest BCUT2D eigenvalue weighted by Crippen LogP contribution is 2.15. The fourth-order valence-corrected chi connectivity index (χ4v) is 6.95. The molecule has 0 aromatic rings. The largest absolute Gasteiger partial charge is 0.477 e. The van der Waals surface area contributed by atoms with Crippen molar-refractivity contribution in [2.75, 3.05) is 47.5 Å². The van der Waals surface area contributed by atoms with Crippen LogP contribution >= 0.6 is 0 Å². The van der Waals surface area contributed by atoms with Crippen LogP contribution in [0.2, 0.25) is 0 Å². The van der Waals surface area contributed by atoms with Crippen LogP contribution in [-0.4, -0.2) is 87.4 Å². The van der Waals surface area contributed by atoms with Crippen molar-refractivity contribution in [3.63, 3.8) is 0 Å². The van der Waals surface area contributed by atoms with Crippen molar-refractivity contribution in [3.05, 3.63) is 12.2 Å². The Bertz CT molecular complexity index is 965. The molecule has 0 aliphatic carbocycles. The third-order valence-corrected chi connectivity index (χ3v) is 10.8. The van der Waals surface area contributed by atoms with Crippen molar-refractivity contribution in [1.82, 2.24) is 0 Å². The number of carboxylic acid groups (broad SMARTS) is 1. The molecule has 0 bridgehead atoms. The Morgan fingerprint density at radius 3 is 1.28 bits per heavy atom. The molecule has 0 saturated carbocycles. The summed E-state index contributed by atoms with van der Waals surface area (Å²) in [5.74, 6) is -2.00. The van der Waals surface area contributed by atoms with E-state index in [2.05, 4.69) is 26.0 Å². The maximum Gasteiger partial charge on any atom is 0.361 e. The molecule has 0 amide bonds. The maximum atomic E-state index is 12.8. The molecule has 0 aromatic heterocycles. The molecule has 0 spiro atoms. The lowest BCUT2D eigenvalue weighted by Gasteiger charge is -2.25. The van der Waals surface area contributed by atoms with Crippen LogP contribution in [0.15, 0.2) is 12.2 Å². The number of esters is 2. The Hall–Kier alpha value is -1.97. The highest BCUT2D eigenvalue weighted by atomic mass is 16.7. The monoisotopic (exact) mass is 825 g/mol. The zero-order valence-electron chi connectivity index (χ0n) is 38.7.